The molecule has 6 nitrogen and oxygen atoms in total. The quantitative estimate of drug-likeness (QED) is 0.419. The lowest BCUT2D eigenvalue weighted by Crippen LogP contribution is -2.26. The minimum atomic E-state index is -3.76. The van der Waals surface area contributed by atoms with E-state index in [0.29, 0.717) is 18.7 Å². The Bertz CT molecular complexity index is 1270. The minimum absolute atomic E-state index is 0.172. The van der Waals surface area contributed by atoms with Gasteiger partial charge in [-0.2, -0.15) is 5.10 Å². The van der Waals surface area contributed by atoms with Crippen LogP contribution in [0.1, 0.15) is 11.1 Å². The molecule has 164 valence electrons. The first-order valence-electron chi connectivity index (χ1n) is 10.3. The number of aromatic nitrogens is 2. The molecule has 0 saturated heterocycles. The van der Waals surface area contributed by atoms with Crippen molar-refractivity contribution in [2.75, 3.05) is 13.7 Å². The monoisotopic (exact) mass is 447 g/mol. The molecule has 32 heavy (non-hydrogen) atoms. The number of hydrogen-bond acceptors (Lipinski definition) is 4. The first-order chi connectivity index (χ1) is 15.5. The summed E-state index contributed by atoms with van der Waals surface area (Å²) in [5.74, 6) is 0.749. The van der Waals surface area contributed by atoms with Crippen molar-refractivity contribution in [1.29, 1.82) is 0 Å². The molecule has 7 heteroatoms. The van der Waals surface area contributed by atoms with Crippen LogP contribution in [0.3, 0.4) is 0 Å². The van der Waals surface area contributed by atoms with Gasteiger partial charge in [0.25, 0.3) is 0 Å². The summed E-state index contributed by atoms with van der Waals surface area (Å²) in [4.78, 5) is 0.172. The fraction of sp³-hybridized carbons (Fsp3) is 0.160. The SMILES string of the molecule is COc1cccc(CCNS(=O)(=O)c2cn(Cc3ccccc3)nc2-c2ccccc2)c1. The molecule has 0 aliphatic rings. The number of nitrogens with zero attached hydrogens (tertiary/aromatic N) is 2. The summed E-state index contributed by atoms with van der Waals surface area (Å²) in [6.45, 7) is 0.758. The molecule has 4 aromatic rings. The Hall–Kier alpha value is -3.42. The number of sulfonamides is 1. The number of hydrogen-bond donors (Lipinski definition) is 1. The van der Waals surface area contributed by atoms with E-state index in [9.17, 15) is 8.42 Å². The molecule has 1 aromatic heterocycles. The molecule has 0 aliphatic heterocycles. The van der Waals surface area contributed by atoms with Gasteiger partial charge in [0.15, 0.2) is 0 Å². The molecule has 0 radical (unpaired) electrons. The largest absolute Gasteiger partial charge is 0.497 e. The standard InChI is InChI=1S/C25H25N3O3S/c1-31-23-14-8-11-20(17-23)15-16-26-32(29,30)24-19-28(18-21-9-4-2-5-10-21)27-25(24)22-12-6-3-7-13-22/h2-14,17,19,26H,15-16,18H2,1H3. The van der Waals surface area contributed by atoms with Crippen LogP contribution in [-0.4, -0.2) is 31.9 Å². The Morgan fingerprint density at radius 2 is 1.59 bits per heavy atom. The molecule has 0 aliphatic carbocycles. The van der Waals surface area contributed by atoms with Gasteiger partial charge in [-0.15, -0.1) is 0 Å². The van der Waals surface area contributed by atoms with Gasteiger partial charge in [0.2, 0.25) is 10.0 Å². The molecule has 0 fully saturated rings. The van der Waals surface area contributed by atoms with Crippen molar-refractivity contribution < 1.29 is 13.2 Å². The second-order valence-corrected chi connectivity index (χ2v) is 9.13. The summed E-state index contributed by atoms with van der Waals surface area (Å²) >= 11 is 0. The predicted molar refractivity (Wildman–Crippen MR) is 125 cm³/mol. The third-order valence-corrected chi connectivity index (χ3v) is 6.55. The average Bonchev–Trinajstić information content (AvgIpc) is 3.25. The topological polar surface area (TPSA) is 73.2 Å². The Labute approximate surface area is 188 Å². The number of ether oxygens (including phenoxy) is 1. The van der Waals surface area contributed by atoms with E-state index in [0.717, 1.165) is 22.4 Å². The maximum Gasteiger partial charge on any atom is 0.244 e. The summed E-state index contributed by atoms with van der Waals surface area (Å²) in [6, 6.07) is 26.8. The molecule has 0 amide bonds. The summed E-state index contributed by atoms with van der Waals surface area (Å²) in [7, 11) is -2.15. The van der Waals surface area contributed by atoms with Gasteiger partial charge in [-0.3, -0.25) is 4.68 Å². The number of benzene rings is 3. The highest BCUT2D eigenvalue weighted by Gasteiger charge is 2.23. The molecule has 1 heterocycles. The Balaban J connectivity index is 1.58. The van der Waals surface area contributed by atoms with Crippen LogP contribution in [0.15, 0.2) is 96.0 Å². The number of nitrogens with one attached hydrogen (secondary N) is 1. The summed E-state index contributed by atoms with van der Waals surface area (Å²) < 4.78 is 36.1. The second kappa shape index (κ2) is 9.80. The molecule has 0 spiro atoms. The van der Waals surface area contributed by atoms with Crippen LogP contribution in [0, 0.1) is 0 Å². The third-order valence-electron chi connectivity index (χ3n) is 5.09. The second-order valence-electron chi connectivity index (χ2n) is 7.39. The zero-order valence-corrected chi connectivity index (χ0v) is 18.6. The highest BCUT2D eigenvalue weighted by Crippen LogP contribution is 2.26. The zero-order chi connectivity index (χ0) is 22.4. The first kappa shape index (κ1) is 21.8. The lowest BCUT2D eigenvalue weighted by Gasteiger charge is -2.08. The number of rotatable bonds is 9. The molecular formula is C25H25N3O3S. The highest BCUT2D eigenvalue weighted by atomic mass is 32.2. The Kier molecular flexibility index (Phi) is 6.68. The molecule has 0 unspecified atom stereocenters. The average molecular weight is 448 g/mol. The Morgan fingerprint density at radius 3 is 2.31 bits per heavy atom. The van der Waals surface area contributed by atoms with E-state index >= 15 is 0 Å². The summed E-state index contributed by atoms with van der Waals surface area (Å²) in [5.41, 5.74) is 3.24. The van der Waals surface area contributed by atoms with Gasteiger partial charge >= 0.3 is 0 Å². The van der Waals surface area contributed by atoms with Crippen molar-refractivity contribution in [2.24, 2.45) is 0 Å². The molecule has 4 rings (SSSR count). The van der Waals surface area contributed by atoms with E-state index in [1.165, 1.54) is 0 Å². The smallest absolute Gasteiger partial charge is 0.244 e. The van der Waals surface area contributed by atoms with E-state index in [1.54, 1.807) is 18.0 Å². The third kappa shape index (κ3) is 5.25. The van der Waals surface area contributed by atoms with Crippen LogP contribution < -0.4 is 9.46 Å². The van der Waals surface area contributed by atoms with E-state index < -0.39 is 10.0 Å². The highest BCUT2D eigenvalue weighted by molar-refractivity contribution is 7.89. The molecule has 0 atom stereocenters. The van der Waals surface area contributed by atoms with Gasteiger partial charge in [0.05, 0.1) is 13.7 Å². The van der Waals surface area contributed by atoms with Gasteiger partial charge in [0.1, 0.15) is 16.3 Å². The lowest BCUT2D eigenvalue weighted by molar-refractivity contribution is 0.414. The first-order valence-corrected chi connectivity index (χ1v) is 11.8. The minimum Gasteiger partial charge on any atom is -0.497 e. The van der Waals surface area contributed by atoms with Crippen LogP contribution in [0.2, 0.25) is 0 Å². The van der Waals surface area contributed by atoms with Crippen LogP contribution in [0.5, 0.6) is 5.75 Å². The van der Waals surface area contributed by atoms with E-state index in [-0.39, 0.29) is 11.4 Å². The van der Waals surface area contributed by atoms with Crippen LogP contribution in [0.4, 0.5) is 0 Å². The van der Waals surface area contributed by atoms with Crippen molar-refractivity contribution >= 4 is 10.0 Å². The van der Waals surface area contributed by atoms with Crippen molar-refractivity contribution in [3.63, 3.8) is 0 Å². The van der Waals surface area contributed by atoms with Gasteiger partial charge in [-0.1, -0.05) is 72.8 Å². The van der Waals surface area contributed by atoms with E-state index in [4.69, 9.17) is 4.74 Å². The Morgan fingerprint density at radius 1 is 0.906 bits per heavy atom. The van der Waals surface area contributed by atoms with Gasteiger partial charge in [-0.05, 0) is 29.7 Å². The molecule has 0 saturated carbocycles. The fourth-order valence-corrected chi connectivity index (χ4v) is 4.68. The number of methoxy groups -OCH3 is 1. The summed E-state index contributed by atoms with van der Waals surface area (Å²) in [6.07, 6.45) is 2.15. The van der Waals surface area contributed by atoms with Crippen LogP contribution in [-0.2, 0) is 23.0 Å². The fourth-order valence-electron chi connectivity index (χ4n) is 3.48. The molecule has 3 aromatic carbocycles. The maximum atomic E-state index is 13.2. The van der Waals surface area contributed by atoms with Crippen LogP contribution >= 0.6 is 0 Å². The normalized spacial score (nSPS) is 11.4. The lowest BCUT2D eigenvalue weighted by atomic mass is 10.1. The van der Waals surface area contributed by atoms with Gasteiger partial charge < -0.3 is 4.74 Å². The molecule has 1 N–H and O–H groups in total. The van der Waals surface area contributed by atoms with Crippen molar-refractivity contribution in [1.82, 2.24) is 14.5 Å². The van der Waals surface area contributed by atoms with E-state index in [1.807, 2.05) is 84.9 Å². The van der Waals surface area contributed by atoms with Crippen LogP contribution in [0.25, 0.3) is 11.3 Å². The molecule has 0 bridgehead atoms. The van der Waals surface area contributed by atoms with Crippen molar-refractivity contribution in [3.05, 3.63) is 102 Å². The van der Waals surface area contributed by atoms with E-state index in [2.05, 4.69) is 9.82 Å². The van der Waals surface area contributed by atoms with Crippen molar-refractivity contribution in [3.8, 4) is 17.0 Å². The van der Waals surface area contributed by atoms with Gasteiger partial charge in [0, 0.05) is 18.3 Å². The van der Waals surface area contributed by atoms with Gasteiger partial charge in [-0.25, -0.2) is 13.1 Å². The van der Waals surface area contributed by atoms with Crippen molar-refractivity contribution in [2.45, 2.75) is 17.9 Å². The summed E-state index contributed by atoms with van der Waals surface area (Å²) in [5, 5.41) is 4.61. The maximum absolute atomic E-state index is 13.2. The zero-order valence-electron chi connectivity index (χ0n) is 17.8. The predicted octanol–water partition coefficient (Wildman–Crippen LogP) is 4.13. The molecular weight excluding hydrogens is 422 g/mol.